The monoisotopic (exact) mass is 740 g/mol. The second-order valence-electron chi connectivity index (χ2n) is 13.6. The van der Waals surface area contributed by atoms with Crippen molar-refractivity contribution in [1.82, 2.24) is 19.8 Å². The van der Waals surface area contributed by atoms with E-state index in [0.29, 0.717) is 35.6 Å². The predicted octanol–water partition coefficient (Wildman–Crippen LogP) is 7.07. The molecule has 4 N–H and O–H groups in total. The normalized spacial score (nSPS) is 17.0. The lowest BCUT2D eigenvalue weighted by Gasteiger charge is -2.34. The molecular formula is C40H44N4O6S2. The zero-order valence-corrected chi connectivity index (χ0v) is 30.7. The van der Waals surface area contributed by atoms with E-state index in [1.54, 1.807) is 34.8 Å². The standard InChI is InChI=1S/C40H44N4O6S2/c1-43(28-8-10-29(11-9-28)49-50-40(48)38(35-5-2-21-51-35)36-6-3-22-52-36)18-4-19-44-20-17-27-23-26(7-14-32(27)44)24-41-25-34(46)30-12-15-33(45)39-31(30)13-16-37(47)42-39/h2-3,5-7,12-17,20-23,28-29,34,38,41,45-46H,4,8-11,18-19,24-25H2,1H3,(H,42,47)/t28?,29?,34-/m0/s1. The summed E-state index contributed by atoms with van der Waals surface area (Å²) in [7, 11) is 2.20. The van der Waals surface area contributed by atoms with E-state index in [4.69, 9.17) is 9.78 Å². The number of benzene rings is 2. The number of H-pyrrole nitrogens is 1. The summed E-state index contributed by atoms with van der Waals surface area (Å²) in [5, 5.41) is 30.1. The van der Waals surface area contributed by atoms with Gasteiger partial charge < -0.3 is 30.0 Å². The molecule has 10 nitrogen and oxygen atoms in total. The molecule has 4 heterocycles. The highest BCUT2D eigenvalue weighted by molar-refractivity contribution is 7.11. The Kier molecular flexibility index (Phi) is 11.5. The summed E-state index contributed by atoms with van der Waals surface area (Å²) in [5.41, 5.74) is 2.98. The van der Waals surface area contributed by atoms with Crippen LogP contribution in [0.15, 0.2) is 94.5 Å². The van der Waals surface area contributed by atoms with Crippen LogP contribution in [0.25, 0.3) is 21.8 Å². The number of nitrogens with one attached hydrogen (secondary N) is 2. The zero-order chi connectivity index (χ0) is 36.0. The van der Waals surface area contributed by atoms with Gasteiger partial charge in [0.15, 0.2) is 0 Å². The Balaban J connectivity index is 0.835. The van der Waals surface area contributed by atoms with Crippen molar-refractivity contribution in [1.29, 1.82) is 0 Å². The van der Waals surface area contributed by atoms with Crippen molar-refractivity contribution in [3.8, 4) is 5.75 Å². The Labute approximate surface area is 310 Å². The van der Waals surface area contributed by atoms with E-state index < -0.39 is 12.0 Å². The molecule has 0 unspecified atom stereocenters. The molecule has 12 heteroatoms. The Hall–Kier alpha value is -4.30. The zero-order valence-electron chi connectivity index (χ0n) is 29.1. The fraction of sp³-hybridized carbons (Fsp3) is 0.350. The number of hydrogen-bond acceptors (Lipinski definition) is 10. The van der Waals surface area contributed by atoms with Crippen LogP contribution < -0.4 is 10.9 Å². The van der Waals surface area contributed by atoms with Crippen LogP contribution in [0.4, 0.5) is 0 Å². The number of thiophene rings is 2. The van der Waals surface area contributed by atoms with Gasteiger partial charge >= 0.3 is 5.97 Å². The van der Waals surface area contributed by atoms with Gasteiger partial charge in [-0.1, -0.05) is 24.3 Å². The van der Waals surface area contributed by atoms with Gasteiger partial charge in [-0.15, -0.1) is 22.7 Å². The van der Waals surface area contributed by atoms with Crippen molar-refractivity contribution < 1.29 is 24.8 Å². The molecule has 1 aliphatic rings. The molecule has 0 saturated heterocycles. The average Bonchev–Trinajstić information content (AvgIpc) is 3.96. The van der Waals surface area contributed by atoms with E-state index in [1.807, 2.05) is 35.0 Å². The molecule has 4 aromatic heterocycles. The maximum Gasteiger partial charge on any atom is 0.355 e. The van der Waals surface area contributed by atoms with Crippen LogP contribution in [0.5, 0.6) is 5.75 Å². The quantitative estimate of drug-likeness (QED) is 0.0650. The minimum Gasteiger partial charge on any atom is -0.506 e. The fourth-order valence-electron chi connectivity index (χ4n) is 7.27. The second kappa shape index (κ2) is 16.6. The number of aromatic hydroxyl groups is 1. The number of carbonyl (C=O) groups excluding carboxylic acids is 1. The van der Waals surface area contributed by atoms with Crippen LogP contribution in [0.3, 0.4) is 0 Å². The highest BCUT2D eigenvalue weighted by Crippen LogP contribution is 2.34. The predicted molar refractivity (Wildman–Crippen MR) is 206 cm³/mol. The maximum atomic E-state index is 13.1. The van der Waals surface area contributed by atoms with Gasteiger partial charge in [-0.3, -0.25) is 9.68 Å². The Morgan fingerprint density at radius 2 is 1.79 bits per heavy atom. The first-order valence-electron chi connectivity index (χ1n) is 17.8. The van der Waals surface area contributed by atoms with E-state index in [-0.39, 0.29) is 23.4 Å². The number of aryl methyl sites for hydroxylation is 1. The smallest absolute Gasteiger partial charge is 0.355 e. The van der Waals surface area contributed by atoms with Gasteiger partial charge in [-0.2, -0.15) is 4.89 Å². The number of aliphatic hydroxyl groups is 1. The van der Waals surface area contributed by atoms with Gasteiger partial charge in [0.2, 0.25) is 5.56 Å². The van der Waals surface area contributed by atoms with Crippen molar-refractivity contribution >= 4 is 50.4 Å². The first kappa shape index (κ1) is 36.1. The lowest BCUT2D eigenvalue weighted by Crippen LogP contribution is -2.38. The molecule has 1 aliphatic carbocycles. The van der Waals surface area contributed by atoms with Crippen molar-refractivity contribution in [2.75, 3.05) is 20.1 Å². The van der Waals surface area contributed by atoms with Crippen LogP contribution >= 0.6 is 22.7 Å². The average molecular weight is 741 g/mol. The van der Waals surface area contributed by atoms with E-state index in [9.17, 15) is 19.8 Å². The molecule has 0 radical (unpaired) electrons. The molecular weight excluding hydrogens is 697 g/mol. The van der Waals surface area contributed by atoms with Crippen LogP contribution in [0.2, 0.25) is 0 Å². The van der Waals surface area contributed by atoms with Gasteiger partial charge in [0, 0.05) is 58.6 Å². The van der Waals surface area contributed by atoms with Crippen molar-refractivity contribution in [3.63, 3.8) is 0 Å². The number of pyridine rings is 1. The molecule has 6 aromatic rings. The van der Waals surface area contributed by atoms with Gasteiger partial charge in [0.1, 0.15) is 17.8 Å². The van der Waals surface area contributed by atoms with Crippen LogP contribution in [0.1, 0.15) is 65.0 Å². The van der Waals surface area contributed by atoms with Gasteiger partial charge in [0.25, 0.3) is 0 Å². The molecule has 7 rings (SSSR count). The third kappa shape index (κ3) is 8.33. The molecule has 1 atom stereocenters. The molecule has 1 saturated carbocycles. The van der Waals surface area contributed by atoms with Crippen LogP contribution in [-0.2, 0) is 27.7 Å². The summed E-state index contributed by atoms with van der Waals surface area (Å²) in [6.07, 6.45) is 6.02. The summed E-state index contributed by atoms with van der Waals surface area (Å²) in [4.78, 5) is 42.9. The second-order valence-corrected chi connectivity index (χ2v) is 15.5. The summed E-state index contributed by atoms with van der Waals surface area (Å²) in [6.45, 7) is 2.83. The highest BCUT2D eigenvalue weighted by Gasteiger charge is 2.30. The SMILES string of the molecule is CN(CCCn1ccc2cc(CNC[C@H](O)c3ccc(O)c4[nH]c(=O)ccc34)ccc21)C1CCC(OOC(=O)C(c2cccs2)c2cccs2)CC1. The summed E-state index contributed by atoms with van der Waals surface area (Å²) >= 11 is 3.11. The van der Waals surface area contributed by atoms with Crippen molar-refractivity contribution in [2.24, 2.45) is 0 Å². The summed E-state index contributed by atoms with van der Waals surface area (Å²) in [6, 6.07) is 23.1. The van der Waals surface area contributed by atoms with E-state index in [2.05, 4.69) is 57.3 Å². The van der Waals surface area contributed by atoms with Crippen LogP contribution in [0, 0.1) is 0 Å². The number of aromatic amines is 1. The Bertz CT molecular complexity index is 2100. The lowest BCUT2D eigenvalue weighted by molar-refractivity contribution is -0.303. The maximum absolute atomic E-state index is 13.1. The van der Waals surface area contributed by atoms with Crippen LogP contribution in [-0.4, -0.2) is 62.9 Å². The molecule has 1 fully saturated rings. The fourth-order valence-corrected chi connectivity index (χ4v) is 9.01. The van der Waals surface area contributed by atoms with E-state index in [0.717, 1.165) is 60.5 Å². The number of hydrogen-bond donors (Lipinski definition) is 4. The lowest BCUT2D eigenvalue weighted by atomic mass is 9.92. The van der Waals surface area contributed by atoms with Crippen molar-refractivity contribution in [3.05, 3.63) is 121 Å². The number of phenolic OH excluding ortho intramolecular Hbond substituents is 1. The summed E-state index contributed by atoms with van der Waals surface area (Å²) < 4.78 is 2.31. The summed E-state index contributed by atoms with van der Waals surface area (Å²) in [5.74, 6) is -0.824. The Morgan fingerprint density at radius 1 is 1.02 bits per heavy atom. The number of nitrogens with zero attached hydrogens (tertiary/aromatic N) is 2. The minimum absolute atomic E-state index is 0.0243. The van der Waals surface area contributed by atoms with Crippen molar-refractivity contribution in [2.45, 2.75) is 69.4 Å². The van der Waals surface area contributed by atoms with E-state index in [1.165, 1.54) is 23.0 Å². The minimum atomic E-state index is -0.809. The molecule has 2 aromatic carbocycles. The Morgan fingerprint density at radius 3 is 2.52 bits per heavy atom. The third-order valence-electron chi connectivity index (χ3n) is 10.1. The third-order valence-corrected chi connectivity index (χ3v) is 12.0. The number of aliphatic hydroxyl groups excluding tert-OH is 1. The molecule has 0 bridgehead atoms. The first-order valence-corrected chi connectivity index (χ1v) is 19.6. The van der Waals surface area contributed by atoms with Gasteiger partial charge in [-0.05, 0) is 115 Å². The topological polar surface area (TPSA) is 129 Å². The number of fused-ring (bicyclic) bond motifs is 2. The number of carbonyl (C=O) groups is 1. The molecule has 272 valence electrons. The number of phenols is 1. The first-order chi connectivity index (χ1) is 25.3. The van der Waals surface area contributed by atoms with Gasteiger partial charge in [-0.25, -0.2) is 4.79 Å². The number of aromatic nitrogens is 2. The molecule has 0 spiro atoms. The highest BCUT2D eigenvalue weighted by atomic mass is 32.1. The van der Waals surface area contributed by atoms with E-state index >= 15 is 0 Å². The molecule has 0 aliphatic heterocycles. The number of rotatable bonds is 15. The van der Waals surface area contributed by atoms with Gasteiger partial charge in [0.05, 0.1) is 11.6 Å². The molecule has 0 amide bonds. The molecule has 52 heavy (non-hydrogen) atoms. The largest absolute Gasteiger partial charge is 0.506 e.